The highest BCUT2D eigenvalue weighted by Crippen LogP contribution is 2.25. The van der Waals surface area contributed by atoms with Gasteiger partial charge in [-0.3, -0.25) is 9.78 Å². The summed E-state index contributed by atoms with van der Waals surface area (Å²) in [4.78, 5) is 16.1. The quantitative estimate of drug-likeness (QED) is 0.747. The molecule has 0 saturated heterocycles. The second-order valence-electron chi connectivity index (χ2n) is 4.16. The number of hydrogen-bond donors (Lipinski definition) is 1. The molecule has 1 aromatic rings. The highest BCUT2D eigenvalue weighted by molar-refractivity contribution is 5.98. The molecule has 0 aliphatic heterocycles. The van der Waals surface area contributed by atoms with Crippen LogP contribution in [0.3, 0.4) is 0 Å². The average molecular weight is 204 g/mol. The molecular weight excluding hydrogens is 188 g/mol. The Bertz CT molecular complexity index is 337. The number of nitrogens with two attached hydrogens (primary N) is 1. The molecule has 2 rings (SSSR count). The van der Waals surface area contributed by atoms with Gasteiger partial charge in [0.2, 0.25) is 0 Å². The van der Waals surface area contributed by atoms with Gasteiger partial charge in [-0.05, 0) is 25.0 Å². The summed E-state index contributed by atoms with van der Waals surface area (Å²) in [5, 5.41) is 0. The first-order valence-electron chi connectivity index (χ1n) is 5.49. The Morgan fingerprint density at radius 2 is 2.20 bits per heavy atom. The van der Waals surface area contributed by atoms with Crippen molar-refractivity contribution in [1.82, 2.24) is 4.98 Å². The molecule has 0 amide bonds. The van der Waals surface area contributed by atoms with E-state index in [1.807, 2.05) is 6.07 Å². The summed E-state index contributed by atoms with van der Waals surface area (Å²) in [7, 11) is 0. The topological polar surface area (TPSA) is 56.0 Å². The third kappa shape index (κ3) is 2.23. The zero-order valence-corrected chi connectivity index (χ0v) is 8.73. The number of pyridine rings is 1. The third-order valence-corrected chi connectivity index (χ3v) is 3.10. The van der Waals surface area contributed by atoms with E-state index in [1.54, 1.807) is 18.5 Å². The number of carbonyl (C=O) groups is 1. The number of carbonyl (C=O) groups excluding carboxylic acids is 1. The van der Waals surface area contributed by atoms with Gasteiger partial charge in [0.05, 0.1) is 0 Å². The third-order valence-electron chi connectivity index (χ3n) is 3.10. The van der Waals surface area contributed by atoms with Crippen LogP contribution in [-0.2, 0) is 0 Å². The standard InChI is InChI=1S/C12H16N2O/c13-11-6-2-1-5-10(11)12(15)9-4-3-7-14-8-9/h3-4,7-8,10-11H,1-2,5-6,13H2. The Balaban J connectivity index is 2.13. The average Bonchev–Trinajstić information content (AvgIpc) is 2.30. The van der Waals surface area contributed by atoms with Crippen molar-refractivity contribution in [1.29, 1.82) is 0 Å². The number of aromatic nitrogens is 1. The van der Waals surface area contributed by atoms with Crippen molar-refractivity contribution in [2.24, 2.45) is 11.7 Å². The Morgan fingerprint density at radius 3 is 2.87 bits per heavy atom. The number of nitrogens with zero attached hydrogens (tertiary/aromatic N) is 1. The lowest BCUT2D eigenvalue weighted by Crippen LogP contribution is -2.38. The van der Waals surface area contributed by atoms with E-state index in [0.717, 1.165) is 25.7 Å². The molecule has 1 aliphatic carbocycles. The Kier molecular flexibility index (Phi) is 3.11. The Hall–Kier alpha value is -1.22. The highest BCUT2D eigenvalue weighted by Gasteiger charge is 2.28. The molecule has 0 aromatic carbocycles. The molecule has 0 radical (unpaired) electrons. The highest BCUT2D eigenvalue weighted by atomic mass is 16.1. The van der Waals surface area contributed by atoms with Crippen LogP contribution in [0.5, 0.6) is 0 Å². The summed E-state index contributed by atoms with van der Waals surface area (Å²) >= 11 is 0. The second kappa shape index (κ2) is 4.53. The smallest absolute Gasteiger partial charge is 0.169 e. The summed E-state index contributed by atoms with van der Waals surface area (Å²) in [6, 6.07) is 3.64. The summed E-state index contributed by atoms with van der Waals surface area (Å²) in [5.74, 6) is 0.165. The van der Waals surface area contributed by atoms with Gasteiger partial charge in [0.1, 0.15) is 0 Å². The Labute approximate surface area is 89.7 Å². The number of hydrogen-bond acceptors (Lipinski definition) is 3. The van der Waals surface area contributed by atoms with Crippen molar-refractivity contribution >= 4 is 5.78 Å². The largest absolute Gasteiger partial charge is 0.327 e. The van der Waals surface area contributed by atoms with Gasteiger partial charge >= 0.3 is 0 Å². The molecule has 15 heavy (non-hydrogen) atoms. The van der Waals surface area contributed by atoms with E-state index in [4.69, 9.17) is 5.73 Å². The van der Waals surface area contributed by atoms with Crippen molar-refractivity contribution in [2.45, 2.75) is 31.7 Å². The molecule has 0 bridgehead atoms. The summed E-state index contributed by atoms with van der Waals surface area (Å²) in [6.45, 7) is 0. The van der Waals surface area contributed by atoms with E-state index in [2.05, 4.69) is 4.98 Å². The molecule has 2 atom stereocenters. The van der Waals surface area contributed by atoms with Crippen LogP contribution in [0.2, 0.25) is 0 Å². The van der Waals surface area contributed by atoms with Gasteiger partial charge in [0.15, 0.2) is 5.78 Å². The van der Waals surface area contributed by atoms with E-state index in [-0.39, 0.29) is 17.7 Å². The van der Waals surface area contributed by atoms with Crippen LogP contribution in [-0.4, -0.2) is 16.8 Å². The fourth-order valence-electron chi connectivity index (χ4n) is 2.21. The SMILES string of the molecule is NC1CCCCC1C(=O)c1cccnc1. The van der Waals surface area contributed by atoms with Gasteiger partial charge in [0.25, 0.3) is 0 Å². The van der Waals surface area contributed by atoms with Crippen molar-refractivity contribution in [3.8, 4) is 0 Å². The molecule has 1 saturated carbocycles. The lowest BCUT2D eigenvalue weighted by molar-refractivity contribution is 0.0870. The Morgan fingerprint density at radius 1 is 1.40 bits per heavy atom. The molecular formula is C12H16N2O. The van der Waals surface area contributed by atoms with Gasteiger partial charge < -0.3 is 5.73 Å². The minimum Gasteiger partial charge on any atom is -0.327 e. The fraction of sp³-hybridized carbons (Fsp3) is 0.500. The molecule has 3 heteroatoms. The fourth-order valence-corrected chi connectivity index (χ4v) is 2.21. The number of rotatable bonds is 2. The number of ketones is 1. The maximum absolute atomic E-state index is 12.1. The van der Waals surface area contributed by atoms with Gasteiger partial charge in [-0.1, -0.05) is 12.8 Å². The maximum Gasteiger partial charge on any atom is 0.169 e. The molecule has 3 nitrogen and oxygen atoms in total. The van der Waals surface area contributed by atoms with Crippen molar-refractivity contribution in [2.75, 3.05) is 0 Å². The van der Waals surface area contributed by atoms with Crippen LogP contribution in [0.1, 0.15) is 36.0 Å². The molecule has 1 fully saturated rings. The first-order chi connectivity index (χ1) is 7.29. The van der Waals surface area contributed by atoms with Crippen molar-refractivity contribution < 1.29 is 4.79 Å². The number of Topliss-reactive ketones (excluding diaryl/α,β-unsaturated/α-hetero) is 1. The van der Waals surface area contributed by atoms with E-state index >= 15 is 0 Å². The summed E-state index contributed by atoms with van der Waals surface area (Å²) in [6.07, 6.45) is 7.47. The zero-order chi connectivity index (χ0) is 10.7. The van der Waals surface area contributed by atoms with Crippen LogP contribution in [0.25, 0.3) is 0 Å². The van der Waals surface area contributed by atoms with E-state index in [9.17, 15) is 4.79 Å². The van der Waals surface area contributed by atoms with Crippen LogP contribution in [0.15, 0.2) is 24.5 Å². The molecule has 1 heterocycles. The minimum atomic E-state index is 0.00273. The van der Waals surface area contributed by atoms with Crippen LogP contribution < -0.4 is 5.73 Å². The molecule has 1 aliphatic rings. The molecule has 2 N–H and O–H groups in total. The maximum atomic E-state index is 12.1. The van der Waals surface area contributed by atoms with E-state index < -0.39 is 0 Å². The van der Waals surface area contributed by atoms with Crippen molar-refractivity contribution in [3.63, 3.8) is 0 Å². The van der Waals surface area contributed by atoms with Gasteiger partial charge in [-0.25, -0.2) is 0 Å². The zero-order valence-electron chi connectivity index (χ0n) is 8.73. The lowest BCUT2D eigenvalue weighted by Gasteiger charge is -2.27. The molecule has 2 unspecified atom stereocenters. The summed E-state index contributed by atoms with van der Waals surface area (Å²) in [5.41, 5.74) is 6.67. The van der Waals surface area contributed by atoms with Gasteiger partial charge in [0, 0.05) is 29.9 Å². The van der Waals surface area contributed by atoms with Crippen LogP contribution in [0.4, 0.5) is 0 Å². The normalized spacial score (nSPS) is 26.2. The molecule has 80 valence electrons. The van der Waals surface area contributed by atoms with Crippen LogP contribution >= 0.6 is 0 Å². The second-order valence-corrected chi connectivity index (χ2v) is 4.16. The van der Waals surface area contributed by atoms with Crippen LogP contribution in [0, 0.1) is 5.92 Å². The van der Waals surface area contributed by atoms with E-state index in [1.165, 1.54) is 0 Å². The minimum absolute atomic E-state index is 0.00273. The lowest BCUT2D eigenvalue weighted by atomic mass is 9.80. The first kappa shape index (κ1) is 10.3. The molecule has 1 aromatic heterocycles. The monoisotopic (exact) mass is 204 g/mol. The van der Waals surface area contributed by atoms with E-state index in [0.29, 0.717) is 5.56 Å². The first-order valence-corrected chi connectivity index (χ1v) is 5.49. The predicted octanol–water partition coefficient (Wildman–Crippen LogP) is 1.78. The predicted molar refractivity (Wildman–Crippen MR) is 58.5 cm³/mol. The van der Waals surface area contributed by atoms with Gasteiger partial charge in [-0.15, -0.1) is 0 Å². The van der Waals surface area contributed by atoms with Crippen molar-refractivity contribution in [3.05, 3.63) is 30.1 Å². The molecule has 0 spiro atoms. The van der Waals surface area contributed by atoms with Gasteiger partial charge in [-0.2, -0.15) is 0 Å². The summed E-state index contributed by atoms with van der Waals surface area (Å²) < 4.78 is 0.